The van der Waals surface area contributed by atoms with Gasteiger partial charge in [0.25, 0.3) is 5.69 Å². The molecule has 0 aliphatic heterocycles. The van der Waals surface area contributed by atoms with Gasteiger partial charge in [0.15, 0.2) is 0 Å². The van der Waals surface area contributed by atoms with Gasteiger partial charge in [-0.25, -0.2) is 0 Å². The predicted octanol–water partition coefficient (Wildman–Crippen LogP) is 4.36. The normalized spacial score (nSPS) is 12.0. The van der Waals surface area contributed by atoms with E-state index >= 15 is 0 Å². The van der Waals surface area contributed by atoms with E-state index in [1.165, 1.54) is 12.1 Å². The van der Waals surface area contributed by atoms with Crippen LogP contribution in [0.4, 0.5) is 11.4 Å². The number of carbonyl (C=O) groups is 1. The van der Waals surface area contributed by atoms with Gasteiger partial charge in [0.2, 0.25) is 5.91 Å². The number of carbonyl (C=O) groups excluding carboxylic acids is 1. The first-order valence-electron chi connectivity index (χ1n) is 7.48. The topological polar surface area (TPSA) is 75.5 Å². The summed E-state index contributed by atoms with van der Waals surface area (Å²) in [5, 5.41) is 14.7. The van der Waals surface area contributed by atoms with Gasteiger partial charge in [0.1, 0.15) is 5.69 Å². The van der Waals surface area contributed by atoms with Crippen LogP contribution in [0.3, 0.4) is 0 Å². The van der Waals surface area contributed by atoms with Crippen LogP contribution in [0.1, 0.15) is 12.5 Å². The van der Waals surface area contributed by atoms with Crippen molar-refractivity contribution in [1.82, 2.24) is 4.90 Å². The molecule has 0 saturated carbocycles. The average molecular weight is 382 g/mol. The van der Waals surface area contributed by atoms with Gasteiger partial charge in [0, 0.05) is 22.7 Å². The number of benzene rings is 2. The summed E-state index contributed by atoms with van der Waals surface area (Å²) in [7, 11) is 1.77. The minimum atomic E-state index is -0.530. The number of halogens is 2. The standard InChI is InChI=1S/C17H17Cl2N3O3/c1-11(21(2)10-12-7-8-13(18)9-14(12)19)17(23)20-15-5-3-4-6-16(15)22(24)25/h3-9,11H,10H2,1-2H3,(H,20,23)/t11-/m0/s1. The lowest BCUT2D eigenvalue weighted by molar-refractivity contribution is -0.383. The molecule has 0 aliphatic carbocycles. The molecule has 0 spiro atoms. The summed E-state index contributed by atoms with van der Waals surface area (Å²) in [6, 6.07) is 10.7. The van der Waals surface area contributed by atoms with Crippen molar-refractivity contribution in [3.05, 3.63) is 68.2 Å². The molecule has 0 saturated heterocycles. The Labute approximate surface area is 155 Å². The maximum atomic E-state index is 12.4. The van der Waals surface area contributed by atoms with E-state index in [1.54, 1.807) is 49.2 Å². The second-order valence-electron chi connectivity index (χ2n) is 5.59. The van der Waals surface area contributed by atoms with Crippen molar-refractivity contribution < 1.29 is 9.72 Å². The summed E-state index contributed by atoms with van der Waals surface area (Å²) in [6.45, 7) is 2.15. The van der Waals surface area contributed by atoms with Crippen LogP contribution in [0, 0.1) is 10.1 Å². The highest BCUT2D eigenvalue weighted by Gasteiger charge is 2.22. The number of likely N-dealkylation sites (N-methyl/N-ethyl adjacent to an activating group) is 1. The highest BCUT2D eigenvalue weighted by atomic mass is 35.5. The van der Waals surface area contributed by atoms with Gasteiger partial charge in [-0.05, 0) is 37.7 Å². The molecular formula is C17H17Cl2N3O3. The number of rotatable bonds is 6. The van der Waals surface area contributed by atoms with Crippen LogP contribution < -0.4 is 5.32 Å². The summed E-state index contributed by atoms with van der Waals surface area (Å²) >= 11 is 12.0. The van der Waals surface area contributed by atoms with Crippen molar-refractivity contribution in [2.24, 2.45) is 0 Å². The first-order chi connectivity index (χ1) is 11.8. The SMILES string of the molecule is C[C@@H](C(=O)Nc1ccccc1[N+](=O)[O-])N(C)Cc1ccc(Cl)cc1Cl. The van der Waals surface area contributed by atoms with Crippen molar-refractivity contribution in [2.45, 2.75) is 19.5 Å². The first-order valence-corrected chi connectivity index (χ1v) is 8.23. The molecule has 1 atom stereocenters. The molecule has 0 bridgehead atoms. The van der Waals surface area contributed by atoms with Crippen molar-refractivity contribution in [3.63, 3.8) is 0 Å². The van der Waals surface area contributed by atoms with Crippen molar-refractivity contribution in [1.29, 1.82) is 0 Å². The summed E-state index contributed by atoms with van der Waals surface area (Å²) in [4.78, 5) is 24.7. The van der Waals surface area contributed by atoms with Gasteiger partial charge < -0.3 is 5.32 Å². The molecule has 2 aromatic rings. The molecule has 0 aliphatic rings. The van der Waals surface area contributed by atoms with Crippen LogP contribution in [0.5, 0.6) is 0 Å². The lowest BCUT2D eigenvalue weighted by atomic mass is 10.1. The Kier molecular flexibility index (Phi) is 6.36. The Morgan fingerprint density at radius 1 is 1.28 bits per heavy atom. The van der Waals surface area contributed by atoms with E-state index in [4.69, 9.17) is 23.2 Å². The van der Waals surface area contributed by atoms with Gasteiger partial charge in [-0.1, -0.05) is 41.4 Å². The van der Waals surface area contributed by atoms with E-state index in [9.17, 15) is 14.9 Å². The minimum Gasteiger partial charge on any atom is -0.319 e. The van der Waals surface area contributed by atoms with Crippen molar-refractivity contribution in [3.8, 4) is 0 Å². The third kappa shape index (κ3) is 4.92. The number of para-hydroxylation sites is 2. The Hall–Kier alpha value is -2.15. The molecular weight excluding hydrogens is 365 g/mol. The predicted molar refractivity (Wildman–Crippen MR) is 99.1 cm³/mol. The number of amides is 1. The lowest BCUT2D eigenvalue weighted by Crippen LogP contribution is -2.39. The quantitative estimate of drug-likeness (QED) is 0.595. The lowest BCUT2D eigenvalue weighted by Gasteiger charge is -2.24. The Balaban J connectivity index is 2.08. The molecule has 0 radical (unpaired) electrons. The summed E-state index contributed by atoms with van der Waals surface area (Å²) in [5.41, 5.74) is 0.854. The maximum absolute atomic E-state index is 12.4. The van der Waals surface area contributed by atoms with Crippen molar-refractivity contribution in [2.75, 3.05) is 12.4 Å². The number of nitro benzene ring substituents is 1. The van der Waals surface area contributed by atoms with Gasteiger partial charge in [-0.3, -0.25) is 19.8 Å². The largest absolute Gasteiger partial charge is 0.319 e. The number of nitrogens with zero attached hydrogens (tertiary/aromatic N) is 2. The highest BCUT2D eigenvalue weighted by Crippen LogP contribution is 2.25. The van der Waals surface area contributed by atoms with Crippen LogP contribution in [-0.4, -0.2) is 28.8 Å². The Bertz CT molecular complexity index is 798. The van der Waals surface area contributed by atoms with Crippen molar-refractivity contribution >= 4 is 40.5 Å². The fourth-order valence-corrected chi connectivity index (χ4v) is 2.70. The third-order valence-electron chi connectivity index (χ3n) is 3.83. The van der Waals surface area contributed by atoms with Crippen LogP contribution >= 0.6 is 23.2 Å². The number of nitro groups is 1. The molecule has 2 aromatic carbocycles. The number of anilines is 1. The molecule has 8 heteroatoms. The maximum Gasteiger partial charge on any atom is 0.292 e. The van der Waals surface area contributed by atoms with Gasteiger partial charge >= 0.3 is 0 Å². The van der Waals surface area contributed by atoms with Crippen LogP contribution in [0.25, 0.3) is 0 Å². The molecule has 25 heavy (non-hydrogen) atoms. The molecule has 1 amide bonds. The van der Waals surface area contributed by atoms with Gasteiger partial charge in [-0.15, -0.1) is 0 Å². The van der Waals surface area contributed by atoms with E-state index in [1.807, 2.05) is 0 Å². The molecule has 0 heterocycles. The molecule has 0 aromatic heterocycles. The summed E-state index contributed by atoms with van der Waals surface area (Å²) in [6.07, 6.45) is 0. The zero-order valence-corrected chi connectivity index (χ0v) is 15.2. The monoisotopic (exact) mass is 381 g/mol. The smallest absolute Gasteiger partial charge is 0.292 e. The van der Waals surface area contributed by atoms with E-state index in [0.717, 1.165) is 5.56 Å². The van der Waals surface area contributed by atoms with Gasteiger partial charge in [0.05, 0.1) is 11.0 Å². The molecule has 6 nitrogen and oxygen atoms in total. The number of hydrogen-bond acceptors (Lipinski definition) is 4. The molecule has 0 unspecified atom stereocenters. The van der Waals surface area contributed by atoms with E-state index in [0.29, 0.717) is 16.6 Å². The second-order valence-corrected chi connectivity index (χ2v) is 6.43. The fourth-order valence-electron chi connectivity index (χ4n) is 2.23. The van der Waals surface area contributed by atoms with E-state index < -0.39 is 11.0 Å². The molecule has 2 rings (SSSR count). The second kappa shape index (κ2) is 8.29. The first kappa shape index (κ1) is 19.2. The molecule has 132 valence electrons. The summed E-state index contributed by atoms with van der Waals surface area (Å²) < 4.78 is 0. The zero-order chi connectivity index (χ0) is 18.6. The minimum absolute atomic E-state index is 0.147. The number of nitrogens with one attached hydrogen (secondary N) is 1. The Morgan fingerprint density at radius 2 is 1.96 bits per heavy atom. The molecule has 1 N–H and O–H groups in total. The van der Waals surface area contributed by atoms with Gasteiger partial charge in [-0.2, -0.15) is 0 Å². The highest BCUT2D eigenvalue weighted by molar-refractivity contribution is 6.35. The Morgan fingerprint density at radius 3 is 2.60 bits per heavy atom. The van der Waals surface area contributed by atoms with Crippen LogP contribution in [-0.2, 0) is 11.3 Å². The molecule has 0 fully saturated rings. The van der Waals surface area contributed by atoms with E-state index in [2.05, 4.69) is 5.32 Å². The average Bonchev–Trinajstić information content (AvgIpc) is 2.56. The van der Waals surface area contributed by atoms with Crippen LogP contribution in [0.15, 0.2) is 42.5 Å². The fraction of sp³-hybridized carbons (Fsp3) is 0.235. The summed E-state index contributed by atoms with van der Waals surface area (Å²) in [5.74, 6) is -0.345. The van der Waals surface area contributed by atoms with Crippen LogP contribution in [0.2, 0.25) is 10.0 Å². The third-order valence-corrected chi connectivity index (χ3v) is 4.42. The zero-order valence-electron chi connectivity index (χ0n) is 13.7. The van der Waals surface area contributed by atoms with E-state index in [-0.39, 0.29) is 17.3 Å². The number of hydrogen-bond donors (Lipinski definition) is 1.